The van der Waals surface area contributed by atoms with Gasteiger partial charge in [0.25, 0.3) is 5.56 Å². The first-order valence-electron chi connectivity index (χ1n) is 8.03. The van der Waals surface area contributed by atoms with E-state index in [-0.39, 0.29) is 5.56 Å². The van der Waals surface area contributed by atoms with E-state index in [2.05, 4.69) is 29.1 Å². The molecule has 1 heterocycles. The van der Waals surface area contributed by atoms with Crippen molar-refractivity contribution in [3.05, 3.63) is 27.9 Å². The summed E-state index contributed by atoms with van der Waals surface area (Å²) >= 11 is 0. The Labute approximate surface area is 121 Å². The van der Waals surface area contributed by atoms with Crippen molar-refractivity contribution in [1.82, 2.24) is 15.3 Å². The van der Waals surface area contributed by atoms with Crippen LogP contribution in [0.1, 0.15) is 69.8 Å². The zero-order chi connectivity index (χ0) is 14.4. The van der Waals surface area contributed by atoms with E-state index in [0.29, 0.717) is 12.5 Å². The average molecular weight is 277 g/mol. The standard InChI is InChI=1S/C16H27N3O/c1-3-8-17-11-14-10-15(20)19-16(18-14)13-7-5-6-12(4-2)9-13/h10,12-13,17H,3-9,11H2,1-2H3,(H,18,19,20). The lowest BCUT2D eigenvalue weighted by atomic mass is 9.80. The molecule has 0 spiro atoms. The van der Waals surface area contributed by atoms with Crippen LogP contribution in [0.15, 0.2) is 10.9 Å². The van der Waals surface area contributed by atoms with Gasteiger partial charge in [-0.3, -0.25) is 4.79 Å². The third-order valence-electron chi connectivity index (χ3n) is 4.29. The van der Waals surface area contributed by atoms with Gasteiger partial charge in [-0.1, -0.05) is 33.1 Å². The molecule has 4 heteroatoms. The number of rotatable bonds is 6. The lowest BCUT2D eigenvalue weighted by Crippen LogP contribution is -2.23. The van der Waals surface area contributed by atoms with E-state index in [1.54, 1.807) is 6.07 Å². The molecule has 0 bridgehead atoms. The SMILES string of the molecule is CCCNCc1cc(=O)[nH]c(C2CCCC(CC)C2)n1. The van der Waals surface area contributed by atoms with Gasteiger partial charge in [-0.05, 0) is 31.7 Å². The Morgan fingerprint density at radius 3 is 3.00 bits per heavy atom. The van der Waals surface area contributed by atoms with Gasteiger partial charge in [0.05, 0.1) is 5.69 Å². The predicted molar refractivity (Wildman–Crippen MR) is 81.8 cm³/mol. The Bertz CT molecular complexity index is 469. The van der Waals surface area contributed by atoms with Crippen molar-refractivity contribution in [3.63, 3.8) is 0 Å². The van der Waals surface area contributed by atoms with Gasteiger partial charge in [0.1, 0.15) is 5.82 Å². The Hall–Kier alpha value is -1.16. The van der Waals surface area contributed by atoms with Gasteiger partial charge in [0.15, 0.2) is 0 Å². The highest BCUT2D eigenvalue weighted by molar-refractivity contribution is 5.07. The highest BCUT2D eigenvalue weighted by atomic mass is 16.1. The number of hydrogen-bond donors (Lipinski definition) is 2. The molecule has 1 aliphatic rings. The lowest BCUT2D eigenvalue weighted by molar-refractivity contribution is 0.306. The van der Waals surface area contributed by atoms with Crippen LogP contribution < -0.4 is 10.9 Å². The minimum Gasteiger partial charge on any atom is -0.311 e. The fourth-order valence-corrected chi connectivity index (χ4v) is 3.12. The average Bonchev–Trinajstić information content (AvgIpc) is 2.47. The maximum Gasteiger partial charge on any atom is 0.251 e. The second-order valence-electron chi connectivity index (χ2n) is 5.94. The summed E-state index contributed by atoms with van der Waals surface area (Å²) in [5.41, 5.74) is 0.859. The van der Waals surface area contributed by atoms with Gasteiger partial charge in [-0.2, -0.15) is 0 Å². The van der Waals surface area contributed by atoms with Crippen molar-refractivity contribution in [3.8, 4) is 0 Å². The van der Waals surface area contributed by atoms with Crippen LogP contribution in [0.25, 0.3) is 0 Å². The molecule has 2 unspecified atom stereocenters. The third-order valence-corrected chi connectivity index (χ3v) is 4.29. The topological polar surface area (TPSA) is 57.8 Å². The summed E-state index contributed by atoms with van der Waals surface area (Å²) < 4.78 is 0. The van der Waals surface area contributed by atoms with E-state index in [9.17, 15) is 4.79 Å². The van der Waals surface area contributed by atoms with Gasteiger partial charge in [0, 0.05) is 18.5 Å². The van der Waals surface area contributed by atoms with Crippen molar-refractivity contribution in [2.24, 2.45) is 5.92 Å². The van der Waals surface area contributed by atoms with E-state index < -0.39 is 0 Å². The van der Waals surface area contributed by atoms with Crippen LogP contribution in [0.4, 0.5) is 0 Å². The molecule has 20 heavy (non-hydrogen) atoms. The van der Waals surface area contributed by atoms with Crippen LogP contribution in [0.3, 0.4) is 0 Å². The van der Waals surface area contributed by atoms with E-state index in [0.717, 1.165) is 36.8 Å². The van der Waals surface area contributed by atoms with Crippen molar-refractivity contribution >= 4 is 0 Å². The maximum atomic E-state index is 11.8. The normalized spacial score (nSPS) is 22.9. The predicted octanol–water partition coefficient (Wildman–Crippen LogP) is 2.95. The van der Waals surface area contributed by atoms with Crippen LogP contribution in [0.5, 0.6) is 0 Å². The molecule has 1 aliphatic carbocycles. The highest BCUT2D eigenvalue weighted by Crippen LogP contribution is 2.35. The third kappa shape index (κ3) is 4.17. The summed E-state index contributed by atoms with van der Waals surface area (Å²) in [6.07, 6.45) is 7.24. The van der Waals surface area contributed by atoms with Crippen LogP contribution in [-0.2, 0) is 6.54 Å². The molecule has 1 aromatic heterocycles. The summed E-state index contributed by atoms with van der Waals surface area (Å²) in [6, 6.07) is 1.62. The first kappa shape index (κ1) is 15.2. The molecule has 2 atom stereocenters. The van der Waals surface area contributed by atoms with Gasteiger partial charge in [-0.25, -0.2) is 4.98 Å². The van der Waals surface area contributed by atoms with Crippen molar-refractivity contribution in [2.75, 3.05) is 6.54 Å². The van der Waals surface area contributed by atoms with Crippen molar-refractivity contribution in [1.29, 1.82) is 0 Å². The first-order valence-corrected chi connectivity index (χ1v) is 8.03. The van der Waals surface area contributed by atoms with Crippen LogP contribution in [0.2, 0.25) is 0 Å². The van der Waals surface area contributed by atoms with E-state index in [1.807, 2.05) is 0 Å². The minimum absolute atomic E-state index is 0.0121. The largest absolute Gasteiger partial charge is 0.311 e. The Kier molecular flexibility index (Phi) is 5.77. The molecule has 112 valence electrons. The molecule has 0 radical (unpaired) electrons. The quantitative estimate of drug-likeness (QED) is 0.786. The van der Waals surface area contributed by atoms with Crippen LogP contribution in [0, 0.1) is 5.92 Å². The number of nitrogens with one attached hydrogen (secondary N) is 2. The number of hydrogen-bond acceptors (Lipinski definition) is 3. The Morgan fingerprint density at radius 1 is 1.40 bits per heavy atom. The summed E-state index contributed by atoms with van der Waals surface area (Å²) in [5, 5.41) is 3.31. The summed E-state index contributed by atoms with van der Waals surface area (Å²) in [4.78, 5) is 19.5. The summed E-state index contributed by atoms with van der Waals surface area (Å²) in [7, 11) is 0. The molecule has 0 saturated heterocycles. The molecule has 0 amide bonds. The summed E-state index contributed by atoms with van der Waals surface area (Å²) in [6.45, 7) is 6.05. The molecule has 0 aromatic carbocycles. The number of aromatic amines is 1. The lowest BCUT2D eigenvalue weighted by Gasteiger charge is -2.27. The monoisotopic (exact) mass is 277 g/mol. The zero-order valence-corrected chi connectivity index (χ0v) is 12.7. The second kappa shape index (κ2) is 7.58. The second-order valence-corrected chi connectivity index (χ2v) is 5.94. The number of nitrogens with zero attached hydrogens (tertiary/aromatic N) is 1. The molecule has 2 N–H and O–H groups in total. The molecular weight excluding hydrogens is 250 g/mol. The van der Waals surface area contributed by atoms with E-state index in [1.165, 1.54) is 25.7 Å². The number of H-pyrrole nitrogens is 1. The molecule has 0 aliphatic heterocycles. The van der Waals surface area contributed by atoms with Crippen molar-refractivity contribution in [2.45, 2.75) is 64.8 Å². The van der Waals surface area contributed by atoms with Gasteiger partial charge < -0.3 is 10.3 Å². The summed E-state index contributed by atoms with van der Waals surface area (Å²) in [5.74, 6) is 2.14. The first-order chi connectivity index (χ1) is 9.72. The Balaban J connectivity index is 2.08. The molecule has 1 saturated carbocycles. The fourth-order valence-electron chi connectivity index (χ4n) is 3.12. The van der Waals surface area contributed by atoms with E-state index in [4.69, 9.17) is 0 Å². The zero-order valence-electron chi connectivity index (χ0n) is 12.7. The molecule has 1 aromatic rings. The van der Waals surface area contributed by atoms with Gasteiger partial charge in [0.2, 0.25) is 0 Å². The maximum absolute atomic E-state index is 11.8. The van der Waals surface area contributed by atoms with Gasteiger partial charge >= 0.3 is 0 Å². The number of aromatic nitrogens is 2. The van der Waals surface area contributed by atoms with Crippen molar-refractivity contribution < 1.29 is 0 Å². The molecule has 2 rings (SSSR count). The van der Waals surface area contributed by atoms with Gasteiger partial charge in [-0.15, -0.1) is 0 Å². The molecule has 1 fully saturated rings. The van der Waals surface area contributed by atoms with E-state index >= 15 is 0 Å². The van der Waals surface area contributed by atoms with Crippen LogP contribution >= 0.6 is 0 Å². The smallest absolute Gasteiger partial charge is 0.251 e. The molecular formula is C16H27N3O. The van der Waals surface area contributed by atoms with Crippen LogP contribution in [-0.4, -0.2) is 16.5 Å². The minimum atomic E-state index is -0.0121. The fraction of sp³-hybridized carbons (Fsp3) is 0.750. The Morgan fingerprint density at radius 2 is 2.25 bits per heavy atom. The molecule has 4 nitrogen and oxygen atoms in total. The highest BCUT2D eigenvalue weighted by Gasteiger charge is 2.24.